The number of methoxy groups -OCH3 is 4. The summed E-state index contributed by atoms with van der Waals surface area (Å²) in [4.78, 5) is 18.4. The lowest BCUT2D eigenvalue weighted by atomic mass is 9.99. The van der Waals surface area contributed by atoms with Crippen molar-refractivity contribution >= 4 is 23.2 Å². The van der Waals surface area contributed by atoms with Gasteiger partial charge in [0, 0.05) is 37.4 Å². The SMILES string of the molecule is COc1ccc(/C=C(/C(=O)N2CCN(c3ccc(C)cc3)CC2)c2cc(OC)c(OC)c(OC)c2)cc1O[C@H]1O[C@@H](CO)[C@@H](O)[C@@H](O)[C@@H]1O. The molecule has 13 heteroatoms. The highest BCUT2D eigenvalue weighted by Crippen LogP contribution is 2.41. The number of amides is 1. The van der Waals surface area contributed by atoms with Crippen LogP contribution in [0.15, 0.2) is 54.6 Å². The van der Waals surface area contributed by atoms with Crippen LogP contribution in [0.1, 0.15) is 16.7 Å². The summed E-state index contributed by atoms with van der Waals surface area (Å²) in [7, 11) is 5.95. The van der Waals surface area contributed by atoms with Crippen LogP contribution in [-0.4, -0.2) is 123 Å². The third kappa shape index (κ3) is 7.71. The van der Waals surface area contributed by atoms with Gasteiger partial charge in [-0.3, -0.25) is 4.79 Å². The molecule has 0 bridgehead atoms. The second-order valence-corrected chi connectivity index (χ2v) is 11.8. The average molecular weight is 681 g/mol. The smallest absolute Gasteiger partial charge is 0.254 e. The number of hydrogen-bond donors (Lipinski definition) is 4. The Bertz CT molecular complexity index is 1590. The Balaban J connectivity index is 1.51. The van der Waals surface area contributed by atoms with Crippen LogP contribution in [0.3, 0.4) is 0 Å². The molecule has 0 aromatic heterocycles. The zero-order valence-electron chi connectivity index (χ0n) is 28.2. The van der Waals surface area contributed by atoms with Gasteiger partial charge in [-0.1, -0.05) is 23.8 Å². The molecule has 5 atom stereocenters. The lowest BCUT2D eigenvalue weighted by molar-refractivity contribution is -0.277. The van der Waals surface area contributed by atoms with Gasteiger partial charge in [0.15, 0.2) is 23.0 Å². The van der Waals surface area contributed by atoms with E-state index >= 15 is 0 Å². The van der Waals surface area contributed by atoms with Gasteiger partial charge < -0.3 is 58.6 Å². The van der Waals surface area contributed by atoms with Gasteiger partial charge in [0.05, 0.1) is 35.0 Å². The molecule has 2 aliphatic rings. The lowest BCUT2D eigenvalue weighted by Crippen LogP contribution is -2.60. The first-order valence-electron chi connectivity index (χ1n) is 15.9. The summed E-state index contributed by atoms with van der Waals surface area (Å²) in [5.41, 5.74) is 3.68. The largest absolute Gasteiger partial charge is 0.493 e. The first kappa shape index (κ1) is 35.8. The molecule has 3 aromatic rings. The van der Waals surface area contributed by atoms with Crippen molar-refractivity contribution in [3.8, 4) is 28.7 Å². The standard InChI is InChI=1S/C36H44N2O11/c1-21-6-9-24(10-7-21)37-12-14-38(15-13-37)35(43)25(23-18-28(45-3)34(47-5)29(19-23)46-4)16-22-8-11-26(44-2)27(17-22)48-36-33(42)32(41)31(40)30(20-39)49-36/h6-11,16-19,30-33,36,39-42H,12-15,20H2,1-5H3/b25-16+/t30-,31+,32+,33-,36-/m0/s1. The molecule has 3 aromatic carbocycles. The number of carbonyl (C=O) groups excluding carboxylic acids is 1. The molecule has 2 heterocycles. The fourth-order valence-electron chi connectivity index (χ4n) is 5.93. The molecule has 264 valence electrons. The van der Waals surface area contributed by atoms with E-state index in [0.717, 1.165) is 5.69 Å². The van der Waals surface area contributed by atoms with E-state index in [2.05, 4.69) is 29.2 Å². The fraction of sp³-hybridized carbons (Fsp3) is 0.417. The van der Waals surface area contributed by atoms with Gasteiger partial charge in [0.25, 0.3) is 5.91 Å². The number of piperazine rings is 1. The maximum atomic E-state index is 14.4. The average Bonchev–Trinajstić information content (AvgIpc) is 3.13. The highest BCUT2D eigenvalue weighted by Gasteiger charge is 2.45. The summed E-state index contributed by atoms with van der Waals surface area (Å²) >= 11 is 0. The van der Waals surface area contributed by atoms with Gasteiger partial charge in [-0.2, -0.15) is 0 Å². The molecule has 5 rings (SSSR count). The molecule has 0 saturated carbocycles. The number of anilines is 1. The molecule has 0 spiro atoms. The van der Waals surface area contributed by atoms with E-state index in [9.17, 15) is 25.2 Å². The lowest BCUT2D eigenvalue weighted by Gasteiger charge is -2.39. The molecule has 49 heavy (non-hydrogen) atoms. The molecule has 0 radical (unpaired) electrons. The predicted octanol–water partition coefficient (Wildman–Crippen LogP) is 2.10. The number of aliphatic hydroxyl groups is 4. The third-order valence-corrected chi connectivity index (χ3v) is 8.76. The summed E-state index contributed by atoms with van der Waals surface area (Å²) in [6, 6.07) is 16.7. The molecule has 13 nitrogen and oxygen atoms in total. The maximum Gasteiger partial charge on any atom is 0.254 e. The van der Waals surface area contributed by atoms with Crippen molar-refractivity contribution in [3.63, 3.8) is 0 Å². The number of benzene rings is 3. The summed E-state index contributed by atoms with van der Waals surface area (Å²) in [6.45, 7) is 3.72. The molecular formula is C36H44N2O11. The van der Waals surface area contributed by atoms with E-state index < -0.39 is 37.3 Å². The van der Waals surface area contributed by atoms with Crippen LogP contribution >= 0.6 is 0 Å². The van der Waals surface area contributed by atoms with Crippen LogP contribution in [-0.2, 0) is 9.53 Å². The number of nitrogens with zero attached hydrogens (tertiary/aromatic N) is 2. The summed E-state index contributed by atoms with van der Waals surface area (Å²) < 4.78 is 33.7. The van der Waals surface area contributed by atoms with Crippen LogP contribution in [0.2, 0.25) is 0 Å². The van der Waals surface area contributed by atoms with E-state index in [1.807, 2.05) is 6.92 Å². The van der Waals surface area contributed by atoms with E-state index in [-0.39, 0.29) is 17.4 Å². The predicted molar refractivity (Wildman–Crippen MR) is 181 cm³/mol. The molecule has 2 aliphatic heterocycles. The highest BCUT2D eigenvalue weighted by molar-refractivity contribution is 6.24. The molecule has 0 aliphatic carbocycles. The Hall–Kier alpha value is -4.53. The highest BCUT2D eigenvalue weighted by atomic mass is 16.7. The molecule has 4 N–H and O–H groups in total. The number of hydrogen-bond acceptors (Lipinski definition) is 12. The van der Waals surface area contributed by atoms with Crippen molar-refractivity contribution in [1.29, 1.82) is 0 Å². The Morgan fingerprint density at radius 1 is 0.796 bits per heavy atom. The molecular weight excluding hydrogens is 636 g/mol. The second-order valence-electron chi connectivity index (χ2n) is 11.8. The number of carbonyl (C=O) groups is 1. The van der Waals surface area contributed by atoms with Gasteiger partial charge in [0.2, 0.25) is 12.0 Å². The minimum atomic E-state index is -1.63. The summed E-state index contributed by atoms with van der Waals surface area (Å²) in [6.07, 6.45) is -5.69. The first-order valence-corrected chi connectivity index (χ1v) is 15.9. The minimum absolute atomic E-state index is 0.129. The van der Waals surface area contributed by atoms with Crippen LogP contribution in [0.4, 0.5) is 5.69 Å². The van der Waals surface area contributed by atoms with E-state index in [0.29, 0.717) is 60.1 Å². The maximum absolute atomic E-state index is 14.4. The first-order chi connectivity index (χ1) is 23.6. The van der Waals surface area contributed by atoms with Crippen molar-refractivity contribution in [3.05, 3.63) is 71.3 Å². The van der Waals surface area contributed by atoms with Gasteiger partial charge in [-0.05, 0) is 60.5 Å². The van der Waals surface area contributed by atoms with Crippen LogP contribution in [0.5, 0.6) is 28.7 Å². The normalized spacial score (nSPS) is 22.8. The van der Waals surface area contributed by atoms with Crippen LogP contribution in [0, 0.1) is 6.92 Å². The molecule has 1 amide bonds. The van der Waals surface area contributed by atoms with E-state index in [4.69, 9.17) is 28.4 Å². The van der Waals surface area contributed by atoms with E-state index in [1.165, 1.54) is 34.0 Å². The fourth-order valence-corrected chi connectivity index (χ4v) is 5.93. The molecule has 0 unspecified atom stereocenters. The van der Waals surface area contributed by atoms with Crippen molar-refractivity contribution in [1.82, 2.24) is 4.90 Å². The van der Waals surface area contributed by atoms with Gasteiger partial charge in [-0.15, -0.1) is 0 Å². The zero-order chi connectivity index (χ0) is 35.2. The Morgan fingerprint density at radius 3 is 2.00 bits per heavy atom. The van der Waals surface area contributed by atoms with Crippen LogP contribution < -0.4 is 28.6 Å². The number of rotatable bonds is 11. The Morgan fingerprint density at radius 2 is 1.43 bits per heavy atom. The van der Waals surface area contributed by atoms with Gasteiger partial charge >= 0.3 is 0 Å². The van der Waals surface area contributed by atoms with E-state index in [1.54, 1.807) is 41.3 Å². The summed E-state index contributed by atoms with van der Waals surface area (Å²) in [5, 5.41) is 40.7. The van der Waals surface area contributed by atoms with Crippen molar-refractivity contribution in [2.75, 3.05) is 66.1 Å². The topological polar surface area (TPSA) is 160 Å². The zero-order valence-corrected chi connectivity index (χ0v) is 28.2. The van der Waals surface area contributed by atoms with Gasteiger partial charge in [-0.25, -0.2) is 0 Å². The number of aryl methyl sites for hydroxylation is 1. The second kappa shape index (κ2) is 15.8. The van der Waals surface area contributed by atoms with Gasteiger partial charge in [0.1, 0.15) is 24.4 Å². The summed E-state index contributed by atoms with van der Waals surface area (Å²) in [5.74, 6) is 1.32. The molecule has 2 saturated heterocycles. The Labute approximate surface area is 285 Å². The van der Waals surface area contributed by atoms with Crippen LogP contribution in [0.25, 0.3) is 11.6 Å². The monoisotopic (exact) mass is 680 g/mol. The number of ether oxygens (including phenoxy) is 6. The minimum Gasteiger partial charge on any atom is -0.493 e. The van der Waals surface area contributed by atoms with Crippen molar-refractivity contribution in [2.45, 2.75) is 37.6 Å². The van der Waals surface area contributed by atoms with Crippen molar-refractivity contribution < 1.29 is 53.6 Å². The molecule has 2 fully saturated rings. The Kier molecular flexibility index (Phi) is 11.5. The quantitative estimate of drug-likeness (QED) is 0.173. The number of aliphatic hydroxyl groups excluding tert-OH is 4. The van der Waals surface area contributed by atoms with Crippen molar-refractivity contribution in [2.24, 2.45) is 0 Å². The third-order valence-electron chi connectivity index (χ3n) is 8.76.